The lowest BCUT2D eigenvalue weighted by Gasteiger charge is -2.39. The molecule has 1 aliphatic rings. The Morgan fingerprint density at radius 1 is 1.56 bits per heavy atom. The molecule has 0 aromatic carbocycles. The van der Waals surface area contributed by atoms with Crippen LogP contribution in [0.2, 0.25) is 0 Å². The summed E-state index contributed by atoms with van der Waals surface area (Å²) >= 11 is 0. The maximum atomic E-state index is 11.7. The number of hydrogen-bond acceptors (Lipinski definition) is 4. The number of nitrogens with one attached hydrogen (secondary N) is 1. The van der Waals surface area contributed by atoms with Crippen molar-refractivity contribution < 1.29 is 13.2 Å². The van der Waals surface area contributed by atoms with Crippen LogP contribution < -0.4 is 5.32 Å². The van der Waals surface area contributed by atoms with Gasteiger partial charge in [0.1, 0.15) is 15.3 Å². The van der Waals surface area contributed by atoms with Crippen molar-refractivity contribution in [1.82, 2.24) is 5.32 Å². The van der Waals surface area contributed by atoms with E-state index >= 15 is 0 Å². The first-order valence-electron chi connectivity index (χ1n) is 5.16. The van der Waals surface area contributed by atoms with Gasteiger partial charge in [-0.05, 0) is 18.8 Å². The van der Waals surface area contributed by atoms with E-state index in [0.717, 1.165) is 6.26 Å². The fraction of sp³-hybridized carbons (Fsp3) is 0.800. The topological polar surface area (TPSA) is 87.0 Å². The molecule has 1 saturated carbocycles. The summed E-state index contributed by atoms with van der Waals surface area (Å²) in [5.74, 6) is -0.0347. The molecule has 0 aliphatic heterocycles. The highest BCUT2D eigenvalue weighted by molar-refractivity contribution is 7.90. The van der Waals surface area contributed by atoms with Gasteiger partial charge in [-0.1, -0.05) is 6.92 Å². The first kappa shape index (κ1) is 13.0. The Kier molecular flexibility index (Phi) is 3.58. The molecule has 5 nitrogen and oxygen atoms in total. The zero-order valence-electron chi connectivity index (χ0n) is 9.49. The van der Waals surface area contributed by atoms with Crippen molar-refractivity contribution in [3.63, 3.8) is 0 Å². The lowest BCUT2D eigenvalue weighted by molar-refractivity contribution is -0.133. The SMILES string of the molecule is CC1CC(C#N)(C(=O)NCCS(C)(=O)=O)C1. The van der Waals surface area contributed by atoms with Crippen molar-refractivity contribution in [3.05, 3.63) is 0 Å². The number of carbonyl (C=O) groups is 1. The van der Waals surface area contributed by atoms with Gasteiger partial charge in [0.15, 0.2) is 0 Å². The lowest BCUT2D eigenvalue weighted by atomic mass is 9.63. The molecule has 0 saturated heterocycles. The Labute approximate surface area is 95.7 Å². The van der Waals surface area contributed by atoms with E-state index in [2.05, 4.69) is 5.32 Å². The number of carbonyl (C=O) groups excluding carboxylic acids is 1. The molecule has 0 bridgehead atoms. The summed E-state index contributed by atoms with van der Waals surface area (Å²) in [5, 5.41) is 11.5. The van der Waals surface area contributed by atoms with Gasteiger partial charge in [-0.2, -0.15) is 5.26 Å². The molecule has 0 aromatic rings. The minimum absolute atomic E-state index is 0.0788. The average molecular weight is 244 g/mol. The highest BCUT2D eigenvalue weighted by Gasteiger charge is 2.48. The van der Waals surface area contributed by atoms with Gasteiger partial charge in [-0.25, -0.2) is 8.42 Å². The number of rotatable bonds is 4. The lowest BCUT2D eigenvalue weighted by Crippen LogP contribution is -2.49. The van der Waals surface area contributed by atoms with Crippen molar-refractivity contribution >= 4 is 15.7 Å². The van der Waals surface area contributed by atoms with Crippen molar-refractivity contribution in [2.75, 3.05) is 18.6 Å². The molecular formula is C10H16N2O3S. The molecule has 0 spiro atoms. The van der Waals surface area contributed by atoms with Gasteiger partial charge in [0.05, 0.1) is 11.8 Å². The second kappa shape index (κ2) is 4.42. The van der Waals surface area contributed by atoms with E-state index in [1.165, 1.54) is 0 Å². The molecule has 90 valence electrons. The third-order valence-corrected chi connectivity index (χ3v) is 3.75. The Morgan fingerprint density at radius 2 is 2.12 bits per heavy atom. The predicted octanol–water partition coefficient (Wildman–Crippen LogP) is 0.0871. The normalized spacial score (nSPS) is 28.9. The van der Waals surface area contributed by atoms with Gasteiger partial charge in [0.2, 0.25) is 5.91 Å². The maximum absolute atomic E-state index is 11.7. The molecule has 1 fully saturated rings. The van der Waals surface area contributed by atoms with Gasteiger partial charge in [-0.15, -0.1) is 0 Å². The summed E-state index contributed by atoms with van der Waals surface area (Å²) in [4.78, 5) is 11.7. The van der Waals surface area contributed by atoms with Crippen LogP contribution in [-0.4, -0.2) is 32.9 Å². The highest BCUT2D eigenvalue weighted by Crippen LogP contribution is 2.44. The quantitative estimate of drug-likeness (QED) is 0.759. The maximum Gasteiger partial charge on any atom is 0.240 e. The van der Waals surface area contributed by atoms with Crippen LogP contribution in [0.15, 0.2) is 0 Å². The van der Waals surface area contributed by atoms with Crippen molar-refractivity contribution in [2.45, 2.75) is 19.8 Å². The summed E-state index contributed by atoms with van der Waals surface area (Å²) in [6.45, 7) is 2.06. The monoisotopic (exact) mass is 244 g/mol. The molecule has 0 aromatic heterocycles. The first-order chi connectivity index (χ1) is 7.29. The number of sulfone groups is 1. The number of hydrogen-bond donors (Lipinski definition) is 1. The van der Waals surface area contributed by atoms with E-state index < -0.39 is 15.3 Å². The van der Waals surface area contributed by atoms with Crippen LogP contribution in [0.1, 0.15) is 19.8 Å². The second-order valence-corrected chi connectivity index (χ2v) is 6.85. The molecule has 1 aliphatic carbocycles. The summed E-state index contributed by atoms with van der Waals surface area (Å²) in [7, 11) is -3.07. The van der Waals surface area contributed by atoms with Gasteiger partial charge in [0, 0.05) is 12.8 Å². The summed E-state index contributed by atoms with van der Waals surface area (Å²) < 4.78 is 21.7. The fourth-order valence-corrected chi connectivity index (χ4v) is 2.45. The molecule has 1 N–H and O–H groups in total. The van der Waals surface area contributed by atoms with Gasteiger partial charge >= 0.3 is 0 Å². The third kappa shape index (κ3) is 2.95. The molecule has 0 atom stereocenters. The first-order valence-corrected chi connectivity index (χ1v) is 7.22. The summed E-state index contributed by atoms with van der Waals surface area (Å²) in [6.07, 6.45) is 2.24. The van der Waals surface area contributed by atoms with Gasteiger partial charge in [0.25, 0.3) is 0 Å². The molecule has 1 rings (SSSR count). The Bertz CT molecular complexity index is 416. The number of nitriles is 1. The minimum atomic E-state index is -3.07. The van der Waals surface area contributed by atoms with E-state index in [-0.39, 0.29) is 18.2 Å². The van der Waals surface area contributed by atoms with Crippen LogP contribution in [-0.2, 0) is 14.6 Å². The van der Waals surface area contributed by atoms with E-state index in [1.54, 1.807) is 0 Å². The molecule has 0 unspecified atom stereocenters. The fourth-order valence-electron chi connectivity index (χ4n) is 1.98. The van der Waals surface area contributed by atoms with Crippen LogP contribution in [0, 0.1) is 22.7 Å². The second-order valence-electron chi connectivity index (χ2n) is 4.59. The number of amides is 1. The van der Waals surface area contributed by atoms with Crippen LogP contribution in [0.4, 0.5) is 0 Å². The molecule has 0 heterocycles. The van der Waals surface area contributed by atoms with E-state index in [0.29, 0.717) is 18.8 Å². The van der Waals surface area contributed by atoms with E-state index in [9.17, 15) is 13.2 Å². The number of nitrogens with zero attached hydrogens (tertiary/aromatic N) is 1. The summed E-state index contributed by atoms with van der Waals surface area (Å²) in [6, 6.07) is 2.03. The highest BCUT2D eigenvalue weighted by atomic mass is 32.2. The third-order valence-electron chi connectivity index (χ3n) is 2.80. The smallest absolute Gasteiger partial charge is 0.240 e. The molecule has 16 heavy (non-hydrogen) atoms. The average Bonchev–Trinajstić information content (AvgIpc) is 2.10. The van der Waals surface area contributed by atoms with Crippen molar-refractivity contribution in [2.24, 2.45) is 11.3 Å². The molecular weight excluding hydrogens is 228 g/mol. The van der Waals surface area contributed by atoms with Gasteiger partial charge < -0.3 is 5.32 Å². The van der Waals surface area contributed by atoms with Crippen LogP contribution in [0.5, 0.6) is 0 Å². The van der Waals surface area contributed by atoms with E-state index in [4.69, 9.17) is 5.26 Å². The molecule has 6 heteroatoms. The van der Waals surface area contributed by atoms with E-state index in [1.807, 2.05) is 13.0 Å². The standard InChI is InChI=1S/C10H16N2O3S/c1-8-5-10(6-8,7-11)9(13)12-3-4-16(2,14)15/h8H,3-6H2,1-2H3,(H,12,13). The minimum Gasteiger partial charge on any atom is -0.354 e. The van der Waals surface area contributed by atoms with Crippen LogP contribution in [0.3, 0.4) is 0 Å². The Hall–Kier alpha value is -1.09. The van der Waals surface area contributed by atoms with Crippen LogP contribution >= 0.6 is 0 Å². The molecule has 1 amide bonds. The van der Waals surface area contributed by atoms with Crippen LogP contribution in [0.25, 0.3) is 0 Å². The largest absolute Gasteiger partial charge is 0.354 e. The molecule has 0 radical (unpaired) electrons. The predicted molar refractivity (Wildman–Crippen MR) is 59.2 cm³/mol. The van der Waals surface area contributed by atoms with Crippen molar-refractivity contribution in [1.29, 1.82) is 5.26 Å². The zero-order valence-corrected chi connectivity index (χ0v) is 10.3. The van der Waals surface area contributed by atoms with Crippen molar-refractivity contribution in [3.8, 4) is 6.07 Å². The summed E-state index contributed by atoms with van der Waals surface area (Å²) in [5.41, 5.74) is -0.920. The Morgan fingerprint density at radius 3 is 2.50 bits per heavy atom. The Balaban J connectivity index is 2.45. The zero-order chi connectivity index (χ0) is 12.4. The van der Waals surface area contributed by atoms with Gasteiger partial charge in [-0.3, -0.25) is 4.79 Å².